The van der Waals surface area contributed by atoms with Crippen molar-refractivity contribution in [2.24, 2.45) is 5.92 Å². The summed E-state index contributed by atoms with van der Waals surface area (Å²) in [6.07, 6.45) is -4.84. The zero-order valence-electron chi connectivity index (χ0n) is 9.02. The smallest absolute Gasteiger partial charge is 0.422 e. The third-order valence-electron chi connectivity index (χ3n) is 1.91. The van der Waals surface area contributed by atoms with Gasteiger partial charge in [0.2, 0.25) is 0 Å². The topological polar surface area (TPSA) is 38.3 Å². The van der Waals surface area contributed by atoms with Crippen LogP contribution in [-0.4, -0.2) is 24.9 Å². The Hall–Kier alpha value is -0.940. The SMILES string of the molecule is CCC(NC(=O)OCC(F)(F)F)C(C)C. The number of hydrogen-bond acceptors (Lipinski definition) is 2. The first-order valence-electron chi connectivity index (χ1n) is 4.76. The molecule has 0 aromatic rings. The first-order chi connectivity index (χ1) is 6.76. The first-order valence-corrected chi connectivity index (χ1v) is 4.76. The van der Waals surface area contributed by atoms with Crippen LogP contribution in [0.2, 0.25) is 0 Å². The molecule has 15 heavy (non-hydrogen) atoms. The lowest BCUT2D eigenvalue weighted by Crippen LogP contribution is -2.39. The Morgan fingerprint density at radius 3 is 2.27 bits per heavy atom. The van der Waals surface area contributed by atoms with Crippen molar-refractivity contribution in [2.75, 3.05) is 6.61 Å². The van der Waals surface area contributed by atoms with Crippen molar-refractivity contribution < 1.29 is 22.7 Å². The van der Waals surface area contributed by atoms with Gasteiger partial charge in [-0.05, 0) is 12.3 Å². The van der Waals surface area contributed by atoms with E-state index < -0.39 is 18.9 Å². The summed E-state index contributed by atoms with van der Waals surface area (Å²) in [5.41, 5.74) is 0. The molecule has 0 saturated heterocycles. The molecule has 0 spiro atoms. The molecule has 3 nitrogen and oxygen atoms in total. The second-order valence-electron chi connectivity index (χ2n) is 3.59. The van der Waals surface area contributed by atoms with E-state index in [-0.39, 0.29) is 12.0 Å². The van der Waals surface area contributed by atoms with Crippen LogP contribution >= 0.6 is 0 Å². The van der Waals surface area contributed by atoms with Crippen molar-refractivity contribution >= 4 is 6.09 Å². The molecule has 0 aliphatic carbocycles. The molecule has 0 aromatic carbocycles. The molecule has 0 bridgehead atoms. The molecule has 0 radical (unpaired) electrons. The standard InChI is InChI=1S/C9H16F3NO2/c1-4-7(6(2)3)13-8(14)15-5-9(10,11)12/h6-7H,4-5H2,1-3H3,(H,13,14). The van der Waals surface area contributed by atoms with Gasteiger partial charge in [0, 0.05) is 6.04 Å². The van der Waals surface area contributed by atoms with Crippen molar-refractivity contribution in [3.05, 3.63) is 0 Å². The van der Waals surface area contributed by atoms with Gasteiger partial charge in [-0.1, -0.05) is 20.8 Å². The first kappa shape index (κ1) is 14.1. The molecule has 0 aliphatic rings. The van der Waals surface area contributed by atoms with E-state index in [2.05, 4.69) is 10.1 Å². The number of halogens is 3. The van der Waals surface area contributed by atoms with Gasteiger partial charge in [-0.3, -0.25) is 0 Å². The van der Waals surface area contributed by atoms with Gasteiger partial charge in [0.25, 0.3) is 0 Å². The molecule has 1 N–H and O–H groups in total. The highest BCUT2D eigenvalue weighted by atomic mass is 19.4. The summed E-state index contributed by atoms with van der Waals surface area (Å²) >= 11 is 0. The highest BCUT2D eigenvalue weighted by Crippen LogP contribution is 2.14. The average Bonchev–Trinajstić information content (AvgIpc) is 2.09. The van der Waals surface area contributed by atoms with Crippen LogP contribution in [0.5, 0.6) is 0 Å². The van der Waals surface area contributed by atoms with Gasteiger partial charge in [-0.25, -0.2) is 4.79 Å². The number of carbonyl (C=O) groups is 1. The molecule has 6 heteroatoms. The van der Waals surface area contributed by atoms with Gasteiger partial charge in [0.05, 0.1) is 0 Å². The Kier molecular flexibility index (Phi) is 5.46. The maximum absolute atomic E-state index is 11.7. The Bertz CT molecular complexity index is 204. The van der Waals surface area contributed by atoms with Gasteiger partial charge >= 0.3 is 12.3 Å². The number of amides is 1. The molecule has 0 heterocycles. The predicted octanol–water partition coefficient (Wildman–Crippen LogP) is 2.71. The number of alkyl carbamates (subject to hydrolysis) is 1. The van der Waals surface area contributed by atoms with Crippen LogP contribution in [0.15, 0.2) is 0 Å². The summed E-state index contributed by atoms with van der Waals surface area (Å²) in [6.45, 7) is 4.04. The number of ether oxygens (including phenoxy) is 1. The van der Waals surface area contributed by atoms with Crippen LogP contribution in [-0.2, 0) is 4.74 Å². The third kappa shape index (κ3) is 7.04. The van der Waals surface area contributed by atoms with E-state index in [1.807, 2.05) is 20.8 Å². The monoisotopic (exact) mass is 227 g/mol. The van der Waals surface area contributed by atoms with Crippen molar-refractivity contribution in [2.45, 2.75) is 39.4 Å². The normalized spacial score (nSPS) is 13.8. The minimum absolute atomic E-state index is 0.161. The third-order valence-corrected chi connectivity index (χ3v) is 1.91. The van der Waals surface area contributed by atoms with E-state index in [9.17, 15) is 18.0 Å². The Balaban J connectivity index is 3.92. The number of rotatable bonds is 4. The van der Waals surface area contributed by atoms with E-state index in [0.717, 1.165) is 0 Å². The second kappa shape index (κ2) is 5.82. The van der Waals surface area contributed by atoms with Crippen molar-refractivity contribution in [1.82, 2.24) is 5.32 Å². The largest absolute Gasteiger partial charge is 0.440 e. The summed E-state index contributed by atoms with van der Waals surface area (Å²) in [7, 11) is 0. The second-order valence-corrected chi connectivity index (χ2v) is 3.59. The molecule has 0 rings (SSSR count). The molecule has 1 amide bonds. The summed E-state index contributed by atoms with van der Waals surface area (Å²) < 4.78 is 39.1. The van der Waals surface area contributed by atoms with Crippen LogP contribution in [0.4, 0.5) is 18.0 Å². The number of hydrogen-bond donors (Lipinski definition) is 1. The van der Waals surface area contributed by atoms with Crippen LogP contribution < -0.4 is 5.32 Å². The van der Waals surface area contributed by atoms with Crippen LogP contribution in [0.3, 0.4) is 0 Å². The summed E-state index contributed by atoms with van der Waals surface area (Å²) in [5.74, 6) is 0.161. The van der Waals surface area contributed by atoms with Gasteiger partial charge in [-0.2, -0.15) is 13.2 Å². The lowest BCUT2D eigenvalue weighted by molar-refractivity contribution is -0.160. The van der Waals surface area contributed by atoms with E-state index in [1.165, 1.54) is 0 Å². The maximum Gasteiger partial charge on any atom is 0.422 e. The highest BCUT2D eigenvalue weighted by Gasteiger charge is 2.30. The zero-order valence-corrected chi connectivity index (χ0v) is 9.02. The molecule has 0 saturated carbocycles. The highest BCUT2D eigenvalue weighted by molar-refractivity contribution is 5.67. The quantitative estimate of drug-likeness (QED) is 0.801. The predicted molar refractivity (Wildman–Crippen MR) is 49.5 cm³/mol. The molecule has 1 unspecified atom stereocenters. The fourth-order valence-electron chi connectivity index (χ4n) is 1.08. The van der Waals surface area contributed by atoms with E-state index in [4.69, 9.17) is 0 Å². The van der Waals surface area contributed by atoms with Crippen LogP contribution in [0.25, 0.3) is 0 Å². The van der Waals surface area contributed by atoms with Crippen molar-refractivity contribution in [3.8, 4) is 0 Å². The van der Waals surface area contributed by atoms with Gasteiger partial charge < -0.3 is 10.1 Å². The molecule has 0 fully saturated rings. The van der Waals surface area contributed by atoms with Gasteiger partial charge in [0.1, 0.15) is 0 Å². The van der Waals surface area contributed by atoms with Crippen LogP contribution in [0.1, 0.15) is 27.2 Å². The Morgan fingerprint density at radius 1 is 1.40 bits per heavy atom. The minimum Gasteiger partial charge on any atom is -0.440 e. The molecule has 1 atom stereocenters. The fraction of sp³-hybridized carbons (Fsp3) is 0.889. The van der Waals surface area contributed by atoms with Gasteiger partial charge in [-0.15, -0.1) is 0 Å². The van der Waals surface area contributed by atoms with Crippen molar-refractivity contribution in [1.29, 1.82) is 0 Å². The van der Waals surface area contributed by atoms with Crippen LogP contribution in [0, 0.1) is 5.92 Å². The molecular formula is C9H16F3NO2. The average molecular weight is 227 g/mol. The lowest BCUT2D eigenvalue weighted by Gasteiger charge is -2.20. The number of carbonyl (C=O) groups excluding carboxylic acids is 1. The van der Waals surface area contributed by atoms with Crippen molar-refractivity contribution in [3.63, 3.8) is 0 Å². The Labute approximate surface area is 87.0 Å². The maximum atomic E-state index is 11.7. The van der Waals surface area contributed by atoms with E-state index >= 15 is 0 Å². The Morgan fingerprint density at radius 2 is 1.93 bits per heavy atom. The van der Waals surface area contributed by atoms with Gasteiger partial charge in [0.15, 0.2) is 6.61 Å². The molecule has 0 aromatic heterocycles. The fourth-order valence-corrected chi connectivity index (χ4v) is 1.08. The number of nitrogens with one attached hydrogen (secondary N) is 1. The summed E-state index contributed by atoms with van der Waals surface area (Å²) in [6, 6.07) is -0.161. The van der Waals surface area contributed by atoms with E-state index in [1.54, 1.807) is 0 Å². The zero-order chi connectivity index (χ0) is 12.1. The summed E-state index contributed by atoms with van der Waals surface area (Å²) in [5, 5.41) is 2.38. The molecular weight excluding hydrogens is 211 g/mol. The summed E-state index contributed by atoms with van der Waals surface area (Å²) in [4.78, 5) is 10.9. The van der Waals surface area contributed by atoms with E-state index in [0.29, 0.717) is 6.42 Å². The lowest BCUT2D eigenvalue weighted by atomic mass is 10.0. The molecule has 90 valence electrons. The molecule has 0 aliphatic heterocycles. The number of alkyl halides is 3. The minimum atomic E-state index is -4.48.